The van der Waals surface area contributed by atoms with Gasteiger partial charge in [0.1, 0.15) is 0 Å². The van der Waals surface area contributed by atoms with Gasteiger partial charge in [0, 0.05) is 36.5 Å². The molecule has 2 aliphatic rings. The molecule has 5 heteroatoms. The van der Waals surface area contributed by atoms with E-state index in [1.807, 2.05) is 6.08 Å². The van der Waals surface area contributed by atoms with E-state index in [0.29, 0.717) is 0 Å². The Balaban J connectivity index is 1.92. The van der Waals surface area contributed by atoms with E-state index in [-0.39, 0.29) is 5.60 Å². The molecule has 0 N–H and O–H groups in total. The van der Waals surface area contributed by atoms with Gasteiger partial charge in [-0.3, -0.25) is 4.90 Å². The summed E-state index contributed by atoms with van der Waals surface area (Å²) in [5, 5.41) is 0. The summed E-state index contributed by atoms with van der Waals surface area (Å²) in [7, 11) is 2.06. The minimum absolute atomic E-state index is 0.303. The van der Waals surface area contributed by atoms with Gasteiger partial charge in [-0.2, -0.15) is 0 Å². The van der Waals surface area contributed by atoms with Gasteiger partial charge in [0.15, 0.2) is 0 Å². The van der Waals surface area contributed by atoms with Crippen LogP contribution in [0, 0.1) is 0 Å². The second-order valence-corrected chi connectivity index (χ2v) is 7.44. The zero-order valence-corrected chi connectivity index (χ0v) is 16.5. The lowest BCUT2D eigenvalue weighted by atomic mass is 9.96. The normalized spacial score (nSPS) is 22.1. The predicted molar refractivity (Wildman–Crippen MR) is 104 cm³/mol. The van der Waals surface area contributed by atoms with E-state index in [2.05, 4.69) is 78.2 Å². The Morgan fingerprint density at radius 2 is 2.09 bits per heavy atom. The highest BCUT2D eigenvalue weighted by Crippen LogP contribution is 2.29. The van der Waals surface area contributed by atoms with E-state index in [4.69, 9.17) is 9.47 Å². The lowest BCUT2D eigenvalue weighted by molar-refractivity contribution is -0.0188. The van der Waals surface area contributed by atoms with Gasteiger partial charge in [-0.1, -0.05) is 18.7 Å². The summed E-state index contributed by atoms with van der Waals surface area (Å²) in [6, 6.07) is 0. The molecule has 0 atom stereocenters. The first kappa shape index (κ1) is 18.7. The summed E-state index contributed by atoms with van der Waals surface area (Å²) in [6.07, 6.45) is 8.30. The molecular weight excluding hydrogens is 403 g/mol. The SMILES string of the molecule is C=C/C(I)=C1/C=CC(C(C)(C)OCCN2CCOCC2)=CN1C. The number of hydrogen-bond donors (Lipinski definition) is 0. The van der Waals surface area contributed by atoms with Crippen LogP contribution in [0.15, 0.2) is 45.9 Å². The fraction of sp³-hybridized carbons (Fsp3) is 0.556. The van der Waals surface area contributed by atoms with E-state index in [1.54, 1.807) is 0 Å². The van der Waals surface area contributed by atoms with E-state index < -0.39 is 0 Å². The van der Waals surface area contributed by atoms with Gasteiger partial charge in [-0.15, -0.1) is 0 Å². The van der Waals surface area contributed by atoms with Gasteiger partial charge < -0.3 is 14.4 Å². The van der Waals surface area contributed by atoms with Crippen molar-refractivity contribution < 1.29 is 9.47 Å². The molecule has 2 heterocycles. The van der Waals surface area contributed by atoms with Gasteiger partial charge in [0.2, 0.25) is 0 Å². The van der Waals surface area contributed by atoms with Gasteiger partial charge in [-0.05, 0) is 48.1 Å². The van der Waals surface area contributed by atoms with Crippen LogP contribution in [0.1, 0.15) is 13.8 Å². The summed E-state index contributed by atoms with van der Waals surface area (Å²) < 4.78 is 12.7. The van der Waals surface area contributed by atoms with Crippen molar-refractivity contribution in [2.45, 2.75) is 19.4 Å². The molecule has 0 aromatic rings. The fourth-order valence-electron chi connectivity index (χ4n) is 2.65. The molecule has 0 unspecified atom stereocenters. The van der Waals surface area contributed by atoms with Crippen LogP contribution in [-0.4, -0.2) is 61.9 Å². The van der Waals surface area contributed by atoms with Crippen molar-refractivity contribution in [1.82, 2.24) is 9.80 Å². The number of halogens is 1. The van der Waals surface area contributed by atoms with Crippen LogP contribution < -0.4 is 0 Å². The Morgan fingerprint density at radius 1 is 1.39 bits per heavy atom. The molecule has 0 bridgehead atoms. The van der Waals surface area contributed by atoms with Crippen LogP contribution in [-0.2, 0) is 9.47 Å². The van der Waals surface area contributed by atoms with Gasteiger partial charge in [0.25, 0.3) is 0 Å². The number of ether oxygens (including phenoxy) is 2. The van der Waals surface area contributed by atoms with Crippen LogP contribution in [0.4, 0.5) is 0 Å². The highest BCUT2D eigenvalue weighted by Gasteiger charge is 2.25. The van der Waals surface area contributed by atoms with Crippen molar-refractivity contribution in [2.24, 2.45) is 0 Å². The van der Waals surface area contributed by atoms with Crippen LogP contribution >= 0.6 is 22.6 Å². The maximum absolute atomic E-state index is 6.18. The number of hydrogen-bond acceptors (Lipinski definition) is 4. The zero-order valence-electron chi connectivity index (χ0n) is 14.3. The van der Waals surface area contributed by atoms with E-state index in [1.165, 1.54) is 5.57 Å². The number of nitrogens with zero attached hydrogens (tertiary/aromatic N) is 2. The first-order valence-corrected chi connectivity index (χ1v) is 9.11. The molecule has 0 amide bonds. The highest BCUT2D eigenvalue weighted by molar-refractivity contribution is 14.1. The van der Waals surface area contributed by atoms with Crippen molar-refractivity contribution in [1.29, 1.82) is 0 Å². The predicted octanol–water partition coefficient (Wildman–Crippen LogP) is 3.33. The zero-order chi connectivity index (χ0) is 16.9. The summed E-state index contributed by atoms with van der Waals surface area (Å²) in [4.78, 5) is 4.52. The maximum Gasteiger partial charge on any atom is 0.0889 e. The molecule has 0 aliphatic carbocycles. The monoisotopic (exact) mass is 430 g/mol. The number of morpholine rings is 1. The third kappa shape index (κ3) is 5.17. The van der Waals surface area contributed by atoms with Gasteiger partial charge >= 0.3 is 0 Å². The molecule has 2 rings (SSSR count). The minimum Gasteiger partial charge on any atom is -0.379 e. The molecule has 1 saturated heterocycles. The second-order valence-electron chi connectivity index (χ2n) is 6.28. The maximum atomic E-state index is 6.18. The molecule has 23 heavy (non-hydrogen) atoms. The molecule has 0 radical (unpaired) electrons. The Labute approximate surface area is 153 Å². The van der Waals surface area contributed by atoms with Crippen molar-refractivity contribution in [2.75, 3.05) is 46.5 Å². The van der Waals surface area contributed by atoms with E-state index in [0.717, 1.165) is 48.7 Å². The standard InChI is InChI=1S/C18H27IN2O2/c1-5-16(19)17-7-6-15(14-20(17)4)18(2,3)23-13-10-21-8-11-22-12-9-21/h5-7,14H,1,8-13H2,2-4H3/b17-16+. The third-order valence-corrected chi connectivity index (χ3v) is 5.22. The Morgan fingerprint density at radius 3 is 2.70 bits per heavy atom. The average Bonchev–Trinajstić information content (AvgIpc) is 2.55. The van der Waals surface area contributed by atoms with Crippen molar-refractivity contribution in [3.8, 4) is 0 Å². The second kappa shape index (κ2) is 8.46. The van der Waals surface area contributed by atoms with E-state index >= 15 is 0 Å². The summed E-state index contributed by atoms with van der Waals surface area (Å²) in [5.74, 6) is 0. The first-order valence-electron chi connectivity index (χ1n) is 8.03. The molecule has 0 spiro atoms. The van der Waals surface area contributed by atoms with Crippen LogP contribution in [0.25, 0.3) is 0 Å². The van der Waals surface area contributed by atoms with Gasteiger partial charge in [-0.25, -0.2) is 0 Å². The molecular formula is C18H27IN2O2. The Hall–Kier alpha value is -0.630. The smallest absolute Gasteiger partial charge is 0.0889 e. The van der Waals surface area contributed by atoms with Crippen molar-refractivity contribution >= 4 is 22.6 Å². The Bertz CT molecular complexity index is 517. The highest BCUT2D eigenvalue weighted by atomic mass is 127. The summed E-state index contributed by atoms with van der Waals surface area (Å²) >= 11 is 2.31. The average molecular weight is 430 g/mol. The minimum atomic E-state index is -0.303. The lowest BCUT2D eigenvalue weighted by Crippen LogP contribution is -2.40. The van der Waals surface area contributed by atoms with E-state index in [9.17, 15) is 0 Å². The molecule has 128 valence electrons. The molecule has 0 saturated carbocycles. The third-order valence-electron chi connectivity index (χ3n) is 4.23. The number of rotatable bonds is 6. The molecule has 4 nitrogen and oxygen atoms in total. The van der Waals surface area contributed by atoms with Gasteiger partial charge in [0.05, 0.1) is 31.1 Å². The number of likely N-dealkylation sites (N-methyl/N-ethyl adjacent to an activating group) is 1. The molecule has 0 aromatic carbocycles. The topological polar surface area (TPSA) is 24.9 Å². The fourth-order valence-corrected chi connectivity index (χ4v) is 3.21. The molecule has 0 aromatic heterocycles. The molecule has 1 fully saturated rings. The quantitative estimate of drug-likeness (QED) is 0.604. The largest absolute Gasteiger partial charge is 0.379 e. The Kier molecular flexibility index (Phi) is 6.88. The lowest BCUT2D eigenvalue weighted by Gasteiger charge is -2.33. The summed E-state index contributed by atoms with van der Waals surface area (Å²) in [6.45, 7) is 13.5. The van der Waals surface area contributed by atoms with Crippen LogP contribution in [0.3, 0.4) is 0 Å². The summed E-state index contributed by atoms with van der Waals surface area (Å²) in [5.41, 5.74) is 2.04. The first-order chi connectivity index (χ1) is 10.9. The van der Waals surface area contributed by atoms with Crippen molar-refractivity contribution in [3.63, 3.8) is 0 Å². The van der Waals surface area contributed by atoms with Crippen LogP contribution in [0.2, 0.25) is 0 Å². The number of allylic oxidation sites excluding steroid dienone is 3. The van der Waals surface area contributed by atoms with Crippen LogP contribution in [0.5, 0.6) is 0 Å². The molecule has 2 aliphatic heterocycles. The van der Waals surface area contributed by atoms with Crippen molar-refractivity contribution in [3.05, 3.63) is 45.9 Å².